The molecule has 3 heterocycles. The molecule has 0 saturated carbocycles. The zero-order chi connectivity index (χ0) is 15.0. The van der Waals surface area contributed by atoms with Crippen LogP contribution < -0.4 is 4.90 Å². The molecule has 6 heteroatoms. The molecule has 0 bridgehead atoms. The van der Waals surface area contributed by atoms with E-state index in [1.165, 1.54) is 0 Å². The van der Waals surface area contributed by atoms with E-state index < -0.39 is 11.4 Å². The van der Waals surface area contributed by atoms with Gasteiger partial charge in [-0.2, -0.15) is 0 Å². The lowest BCUT2D eigenvalue weighted by molar-refractivity contribution is -0.159. The molecule has 0 aliphatic carbocycles. The van der Waals surface area contributed by atoms with Crippen molar-refractivity contribution in [3.8, 4) is 0 Å². The average molecular weight is 291 g/mol. The first-order chi connectivity index (χ1) is 10.0. The Labute approximate surface area is 124 Å². The molecule has 0 unspecified atom stereocenters. The van der Waals surface area contributed by atoms with Crippen molar-refractivity contribution in [2.45, 2.75) is 26.2 Å². The Bertz CT molecular complexity index is 531. The predicted molar refractivity (Wildman–Crippen MR) is 77.3 cm³/mol. The molecule has 0 aromatic carbocycles. The number of hydrogen-bond acceptors (Lipinski definition) is 5. The number of nitrogens with zero attached hydrogens (tertiary/aromatic N) is 3. The molecule has 21 heavy (non-hydrogen) atoms. The van der Waals surface area contributed by atoms with Gasteiger partial charge in [-0.05, 0) is 23.8 Å². The summed E-state index contributed by atoms with van der Waals surface area (Å²) in [6.45, 7) is 6.23. The highest BCUT2D eigenvalue weighted by atomic mass is 16.5. The van der Waals surface area contributed by atoms with Crippen LogP contribution >= 0.6 is 0 Å². The van der Waals surface area contributed by atoms with Gasteiger partial charge in [0, 0.05) is 32.1 Å². The number of carbonyl (C=O) groups is 1. The maximum atomic E-state index is 11.7. The van der Waals surface area contributed by atoms with Gasteiger partial charge in [-0.25, -0.2) is 9.97 Å². The largest absolute Gasteiger partial charge is 0.481 e. The highest BCUT2D eigenvalue weighted by Gasteiger charge is 2.54. The molecule has 2 saturated heterocycles. The van der Waals surface area contributed by atoms with Gasteiger partial charge in [-0.3, -0.25) is 4.79 Å². The summed E-state index contributed by atoms with van der Waals surface area (Å²) >= 11 is 0. The maximum absolute atomic E-state index is 11.7. The summed E-state index contributed by atoms with van der Waals surface area (Å²) in [4.78, 5) is 22.5. The van der Waals surface area contributed by atoms with E-state index in [4.69, 9.17) is 4.74 Å². The second-order valence-electron chi connectivity index (χ2n) is 6.35. The third kappa shape index (κ3) is 2.37. The first kappa shape index (κ1) is 14.3. The maximum Gasteiger partial charge on any atom is 0.314 e. The number of ether oxygens (including phenoxy) is 1. The molecular weight excluding hydrogens is 270 g/mol. The van der Waals surface area contributed by atoms with Gasteiger partial charge in [0.15, 0.2) is 0 Å². The molecule has 1 aromatic rings. The van der Waals surface area contributed by atoms with E-state index >= 15 is 0 Å². The number of carboxylic acid groups (broad SMARTS) is 1. The molecule has 2 atom stereocenters. The van der Waals surface area contributed by atoms with Crippen LogP contribution in [0.2, 0.25) is 0 Å². The van der Waals surface area contributed by atoms with Crippen LogP contribution in [-0.2, 0) is 9.53 Å². The number of fused-ring (bicyclic) bond motifs is 1. The van der Waals surface area contributed by atoms with E-state index in [2.05, 4.69) is 23.8 Å². The molecule has 0 amide bonds. The Kier molecular flexibility index (Phi) is 3.57. The predicted octanol–water partition coefficient (Wildman–Crippen LogP) is 1.53. The fourth-order valence-corrected chi connectivity index (χ4v) is 3.23. The number of anilines is 1. The van der Waals surface area contributed by atoms with Crippen molar-refractivity contribution >= 4 is 11.9 Å². The van der Waals surface area contributed by atoms with E-state index in [1.54, 1.807) is 0 Å². The second kappa shape index (κ2) is 5.26. The van der Waals surface area contributed by atoms with Crippen molar-refractivity contribution in [2.75, 3.05) is 31.2 Å². The van der Waals surface area contributed by atoms with Crippen molar-refractivity contribution < 1.29 is 14.6 Å². The molecule has 2 fully saturated rings. The first-order valence-corrected chi connectivity index (χ1v) is 7.41. The van der Waals surface area contributed by atoms with Gasteiger partial charge in [-0.1, -0.05) is 13.8 Å². The molecule has 3 rings (SSSR count). The van der Waals surface area contributed by atoms with Crippen LogP contribution in [0.3, 0.4) is 0 Å². The summed E-state index contributed by atoms with van der Waals surface area (Å²) in [6, 6.07) is 0. The zero-order valence-corrected chi connectivity index (χ0v) is 12.5. The Morgan fingerprint density at radius 2 is 2.19 bits per heavy atom. The minimum absolute atomic E-state index is 0.108. The van der Waals surface area contributed by atoms with Crippen molar-refractivity contribution in [2.24, 2.45) is 11.3 Å². The summed E-state index contributed by atoms with van der Waals surface area (Å²) in [5.74, 6) is 0.346. The summed E-state index contributed by atoms with van der Waals surface area (Å²) in [5, 5.41) is 9.63. The Balaban J connectivity index is 1.83. The van der Waals surface area contributed by atoms with E-state index in [0.29, 0.717) is 31.6 Å². The van der Waals surface area contributed by atoms with Gasteiger partial charge in [0.25, 0.3) is 0 Å². The monoisotopic (exact) mass is 291 g/mol. The minimum Gasteiger partial charge on any atom is -0.481 e. The molecule has 1 aromatic heterocycles. The van der Waals surface area contributed by atoms with Crippen molar-refractivity contribution in [3.05, 3.63) is 18.0 Å². The Hall–Kier alpha value is -1.69. The number of aromatic nitrogens is 2. The van der Waals surface area contributed by atoms with Crippen LogP contribution in [0, 0.1) is 11.3 Å². The molecular formula is C15H21N3O3. The first-order valence-electron chi connectivity index (χ1n) is 7.41. The number of aliphatic carboxylic acids is 1. The quantitative estimate of drug-likeness (QED) is 0.910. The van der Waals surface area contributed by atoms with Crippen molar-refractivity contribution in [1.82, 2.24) is 9.97 Å². The van der Waals surface area contributed by atoms with E-state index in [9.17, 15) is 9.90 Å². The SMILES string of the molecule is CC(C)c1cnc(N2C[C@@H]3CCOC[C@]3(C(=O)O)C2)nc1. The van der Waals surface area contributed by atoms with Crippen LogP contribution in [0.4, 0.5) is 5.95 Å². The third-order valence-corrected chi connectivity index (χ3v) is 4.70. The van der Waals surface area contributed by atoms with Gasteiger partial charge < -0.3 is 14.7 Å². The van der Waals surface area contributed by atoms with Gasteiger partial charge in [0.05, 0.1) is 6.61 Å². The summed E-state index contributed by atoms with van der Waals surface area (Å²) < 4.78 is 5.43. The van der Waals surface area contributed by atoms with Crippen LogP contribution in [0.25, 0.3) is 0 Å². The third-order valence-electron chi connectivity index (χ3n) is 4.70. The zero-order valence-electron chi connectivity index (χ0n) is 12.5. The molecule has 2 aliphatic heterocycles. The second-order valence-corrected chi connectivity index (χ2v) is 6.35. The average Bonchev–Trinajstić information content (AvgIpc) is 2.88. The fraction of sp³-hybridized carbons (Fsp3) is 0.667. The summed E-state index contributed by atoms with van der Waals surface area (Å²) in [7, 11) is 0. The lowest BCUT2D eigenvalue weighted by atomic mass is 9.76. The van der Waals surface area contributed by atoms with Gasteiger partial charge in [0.1, 0.15) is 5.41 Å². The molecule has 0 spiro atoms. The van der Waals surface area contributed by atoms with Crippen molar-refractivity contribution in [3.63, 3.8) is 0 Å². The van der Waals surface area contributed by atoms with Crippen LogP contribution in [-0.4, -0.2) is 47.3 Å². The van der Waals surface area contributed by atoms with E-state index in [1.807, 2.05) is 17.3 Å². The lowest BCUT2D eigenvalue weighted by Crippen LogP contribution is -2.46. The highest BCUT2D eigenvalue weighted by molar-refractivity contribution is 5.77. The standard InChI is InChI=1S/C15H21N3O3/c1-10(2)11-5-16-14(17-6-11)18-7-12-3-4-21-9-15(12,8-18)13(19)20/h5-6,10,12H,3-4,7-9H2,1-2H3,(H,19,20)/t12-,15+/m0/s1. The summed E-state index contributed by atoms with van der Waals surface area (Å²) in [5.41, 5.74) is 0.282. The molecule has 6 nitrogen and oxygen atoms in total. The summed E-state index contributed by atoms with van der Waals surface area (Å²) in [6.07, 6.45) is 4.45. The van der Waals surface area contributed by atoms with Crippen molar-refractivity contribution in [1.29, 1.82) is 0 Å². The lowest BCUT2D eigenvalue weighted by Gasteiger charge is -2.33. The minimum atomic E-state index is -0.807. The smallest absolute Gasteiger partial charge is 0.314 e. The highest BCUT2D eigenvalue weighted by Crippen LogP contribution is 2.42. The molecule has 2 aliphatic rings. The Morgan fingerprint density at radius 3 is 2.76 bits per heavy atom. The Morgan fingerprint density at radius 1 is 1.48 bits per heavy atom. The topological polar surface area (TPSA) is 75.6 Å². The molecule has 0 radical (unpaired) electrons. The van der Waals surface area contributed by atoms with Crippen LogP contribution in [0.5, 0.6) is 0 Å². The van der Waals surface area contributed by atoms with Gasteiger partial charge >= 0.3 is 5.97 Å². The normalized spacial score (nSPS) is 28.7. The van der Waals surface area contributed by atoms with E-state index in [0.717, 1.165) is 12.0 Å². The van der Waals surface area contributed by atoms with Crippen LogP contribution in [0.1, 0.15) is 31.7 Å². The number of rotatable bonds is 3. The molecule has 1 N–H and O–H groups in total. The van der Waals surface area contributed by atoms with Gasteiger partial charge in [-0.15, -0.1) is 0 Å². The van der Waals surface area contributed by atoms with Gasteiger partial charge in [0.2, 0.25) is 5.95 Å². The fourth-order valence-electron chi connectivity index (χ4n) is 3.23. The number of carboxylic acids is 1. The molecule has 114 valence electrons. The van der Waals surface area contributed by atoms with E-state index in [-0.39, 0.29) is 12.5 Å². The number of hydrogen-bond donors (Lipinski definition) is 1. The van der Waals surface area contributed by atoms with Crippen LogP contribution in [0.15, 0.2) is 12.4 Å².